The van der Waals surface area contributed by atoms with E-state index in [0.717, 1.165) is 41.0 Å². The van der Waals surface area contributed by atoms with E-state index in [9.17, 15) is 35.9 Å². The summed E-state index contributed by atoms with van der Waals surface area (Å²) in [5, 5.41) is 3.64. The predicted octanol–water partition coefficient (Wildman–Crippen LogP) is 5.29. The van der Waals surface area contributed by atoms with Gasteiger partial charge < -0.3 is 19.5 Å². The fraction of sp³-hybridized carbons (Fsp3) is 0.419. The Morgan fingerprint density at radius 2 is 1.66 bits per heavy atom. The van der Waals surface area contributed by atoms with Crippen molar-refractivity contribution in [2.24, 2.45) is 7.05 Å². The highest BCUT2D eigenvalue weighted by Crippen LogP contribution is 2.36. The van der Waals surface area contributed by atoms with Crippen molar-refractivity contribution in [3.8, 4) is 0 Å². The second-order valence-electron chi connectivity index (χ2n) is 10.7. The lowest BCUT2D eigenvalue weighted by Gasteiger charge is -2.27. The molecule has 0 spiro atoms. The van der Waals surface area contributed by atoms with Crippen LogP contribution in [0.2, 0.25) is 0 Å². The molecule has 13 heteroatoms. The number of aromatic nitrogens is 1. The fourth-order valence-electron chi connectivity index (χ4n) is 5.18. The summed E-state index contributed by atoms with van der Waals surface area (Å²) in [5.74, 6) is -1.49. The zero-order valence-corrected chi connectivity index (χ0v) is 24.3. The molecule has 0 aliphatic carbocycles. The lowest BCUT2D eigenvalue weighted by atomic mass is 10.0. The molecule has 1 saturated heterocycles. The smallest absolute Gasteiger partial charge is 0.379 e. The lowest BCUT2D eigenvalue weighted by molar-refractivity contribution is -0.143. The zero-order valence-electron chi connectivity index (χ0n) is 24.3. The Morgan fingerprint density at radius 1 is 1.02 bits per heavy atom. The number of aryl methyl sites for hydroxylation is 1. The Balaban J connectivity index is 1.57. The number of likely N-dealkylation sites (N-methyl/N-ethyl adjacent to an activating group) is 1. The Kier molecular flexibility index (Phi) is 10.4. The highest BCUT2D eigenvalue weighted by Gasteiger charge is 2.38. The summed E-state index contributed by atoms with van der Waals surface area (Å²) in [6.07, 6.45) is -4.84. The van der Waals surface area contributed by atoms with Crippen LogP contribution in [0.15, 0.2) is 60.8 Å². The molecular formula is C31H34F6N4O3. The van der Waals surface area contributed by atoms with Gasteiger partial charge in [-0.2, -0.15) is 26.3 Å². The van der Waals surface area contributed by atoms with Gasteiger partial charge in [0.2, 0.25) is 5.91 Å². The average Bonchev–Trinajstić information content (AvgIpc) is 3.31. The van der Waals surface area contributed by atoms with Crippen LogP contribution in [0, 0.1) is 0 Å². The molecular weight excluding hydrogens is 590 g/mol. The van der Waals surface area contributed by atoms with Crippen molar-refractivity contribution >= 4 is 22.7 Å². The quantitative estimate of drug-likeness (QED) is 0.189. The minimum absolute atomic E-state index is 0.0202. The van der Waals surface area contributed by atoms with E-state index < -0.39 is 46.9 Å². The topological polar surface area (TPSA) is 66.8 Å². The highest BCUT2D eigenvalue weighted by atomic mass is 19.4. The van der Waals surface area contributed by atoms with E-state index in [1.807, 2.05) is 42.1 Å². The summed E-state index contributed by atoms with van der Waals surface area (Å²) in [7, 11) is 3.12. The van der Waals surface area contributed by atoms with Gasteiger partial charge in [-0.3, -0.25) is 14.5 Å². The third kappa shape index (κ3) is 8.41. The molecule has 0 radical (unpaired) electrons. The number of carbonyl (C=O) groups is 2. The number of morpholine rings is 1. The number of nitrogens with one attached hydrogen (secondary N) is 1. The van der Waals surface area contributed by atoms with Crippen LogP contribution in [0.25, 0.3) is 10.9 Å². The Morgan fingerprint density at radius 3 is 2.30 bits per heavy atom. The van der Waals surface area contributed by atoms with E-state index in [1.54, 1.807) is 0 Å². The normalized spacial score (nSPS) is 15.5. The standard InChI is InChI=1S/C31H34F6N4O3/c1-39-20-22(26-6-3-4-7-27(26)39)18-25(8-9-28(42)38-10-5-11-41-12-14-44-15-13-41)40(2)29(43)21-16-23(30(32,33)34)19-24(17-21)31(35,36)37/h3-4,6-9,16-17,19-20,25H,5,10-15,18H2,1-2H3,(H,38,42). The number of benzene rings is 2. The monoisotopic (exact) mass is 624 g/mol. The minimum Gasteiger partial charge on any atom is -0.379 e. The number of alkyl halides is 6. The molecule has 2 aromatic carbocycles. The third-order valence-corrected chi connectivity index (χ3v) is 7.58. The van der Waals surface area contributed by atoms with Crippen LogP contribution in [0.4, 0.5) is 26.3 Å². The maximum Gasteiger partial charge on any atom is 0.416 e. The molecule has 1 aliphatic heterocycles. The summed E-state index contributed by atoms with van der Waals surface area (Å²) in [4.78, 5) is 29.4. The van der Waals surface area contributed by atoms with Crippen LogP contribution in [-0.2, 0) is 35.4 Å². The predicted molar refractivity (Wildman–Crippen MR) is 153 cm³/mol. The second kappa shape index (κ2) is 13.9. The first-order valence-electron chi connectivity index (χ1n) is 14.1. The van der Waals surface area contributed by atoms with Crippen LogP contribution in [0.1, 0.15) is 33.5 Å². The Labute approximate surface area is 251 Å². The van der Waals surface area contributed by atoms with Gasteiger partial charge in [0.25, 0.3) is 5.91 Å². The van der Waals surface area contributed by atoms with E-state index in [-0.39, 0.29) is 12.5 Å². The van der Waals surface area contributed by atoms with Crippen molar-refractivity contribution in [3.05, 3.63) is 83.1 Å². The number of carbonyl (C=O) groups excluding carboxylic acids is 2. The van der Waals surface area contributed by atoms with Crippen molar-refractivity contribution in [3.63, 3.8) is 0 Å². The van der Waals surface area contributed by atoms with Gasteiger partial charge in [0.1, 0.15) is 0 Å². The first-order valence-corrected chi connectivity index (χ1v) is 14.1. The highest BCUT2D eigenvalue weighted by molar-refractivity contribution is 5.95. The zero-order chi connectivity index (χ0) is 32.1. The van der Waals surface area contributed by atoms with Crippen molar-refractivity contribution < 1.29 is 40.7 Å². The van der Waals surface area contributed by atoms with Crippen molar-refractivity contribution in [1.29, 1.82) is 0 Å². The molecule has 44 heavy (non-hydrogen) atoms. The summed E-state index contributed by atoms with van der Waals surface area (Å²) in [6.45, 7) is 4.15. The van der Waals surface area contributed by atoms with E-state index in [4.69, 9.17) is 4.74 Å². The van der Waals surface area contributed by atoms with Crippen molar-refractivity contribution in [2.45, 2.75) is 31.2 Å². The van der Waals surface area contributed by atoms with Crippen LogP contribution < -0.4 is 5.32 Å². The van der Waals surface area contributed by atoms with Gasteiger partial charge in [0.05, 0.1) is 30.4 Å². The minimum atomic E-state index is -5.10. The SMILES string of the molecule is CN(C(=O)c1cc(C(F)(F)F)cc(C(F)(F)F)c1)C(C=CC(=O)NCCCN1CCOCC1)Cc1cn(C)c2ccccc12. The molecule has 1 aliphatic rings. The van der Waals surface area contributed by atoms with Gasteiger partial charge in [0, 0.05) is 62.5 Å². The third-order valence-electron chi connectivity index (χ3n) is 7.58. The van der Waals surface area contributed by atoms with E-state index in [1.165, 1.54) is 19.2 Å². The van der Waals surface area contributed by atoms with Crippen LogP contribution in [0.5, 0.6) is 0 Å². The molecule has 1 atom stereocenters. The van der Waals surface area contributed by atoms with Gasteiger partial charge in [-0.15, -0.1) is 0 Å². The van der Waals surface area contributed by atoms with Crippen molar-refractivity contribution in [2.75, 3.05) is 46.4 Å². The molecule has 1 aromatic heterocycles. The molecule has 0 bridgehead atoms. The first-order chi connectivity index (χ1) is 20.7. The van der Waals surface area contributed by atoms with Crippen LogP contribution in [-0.4, -0.2) is 78.7 Å². The number of para-hydroxylation sites is 1. The average molecular weight is 625 g/mol. The molecule has 1 N–H and O–H groups in total. The van der Waals surface area contributed by atoms with Crippen molar-refractivity contribution in [1.82, 2.24) is 19.7 Å². The lowest BCUT2D eigenvalue weighted by Crippen LogP contribution is -2.38. The number of amides is 2. The Hall–Kier alpha value is -3.84. The number of hydrogen-bond donors (Lipinski definition) is 1. The summed E-state index contributed by atoms with van der Waals surface area (Å²) >= 11 is 0. The number of hydrogen-bond acceptors (Lipinski definition) is 4. The molecule has 1 unspecified atom stereocenters. The summed E-state index contributed by atoms with van der Waals surface area (Å²) < 4.78 is 88.1. The summed E-state index contributed by atoms with van der Waals surface area (Å²) in [6, 6.07) is 7.37. The molecule has 1 fully saturated rings. The van der Waals surface area contributed by atoms with E-state index in [2.05, 4.69) is 10.2 Å². The second-order valence-corrected chi connectivity index (χ2v) is 10.7. The van der Waals surface area contributed by atoms with E-state index in [0.29, 0.717) is 38.3 Å². The molecule has 3 aromatic rings. The van der Waals surface area contributed by atoms with Crippen LogP contribution >= 0.6 is 0 Å². The number of halogens is 6. The number of rotatable bonds is 10. The van der Waals surface area contributed by atoms with Crippen LogP contribution in [0.3, 0.4) is 0 Å². The molecule has 0 saturated carbocycles. The van der Waals surface area contributed by atoms with E-state index >= 15 is 0 Å². The first kappa shape index (κ1) is 33.1. The Bertz CT molecular complexity index is 1460. The number of fused-ring (bicyclic) bond motifs is 1. The largest absolute Gasteiger partial charge is 0.416 e. The summed E-state index contributed by atoms with van der Waals surface area (Å²) in [5.41, 5.74) is -2.25. The van der Waals surface area contributed by atoms with Gasteiger partial charge >= 0.3 is 12.4 Å². The molecule has 2 amide bonds. The number of ether oxygens (including phenoxy) is 1. The van der Waals surface area contributed by atoms with Gasteiger partial charge in [-0.05, 0) is 49.2 Å². The maximum atomic E-state index is 13.5. The fourth-order valence-corrected chi connectivity index (χ4v) is 5.18. The number of nitrogens with zero attached hydrogens (tertiary/aromatic N) is 3. The van der Waals surface area contributed by atoms with Gasteiger partial charge in [-0.1, -0.05) is 24.3 Å². The molecule has 4 rings (SSSR count). The van der Waals surface area contributed by atoms with Gasteiger partial charge in [0.15, 0.2) is 0 Å². The molecule has 238 valence electrons. The van der Waals surface area contributed by atoms with Gasteiger partial charge in [-0.25, -0.2) is 0 Å². The maximum absolute atomic E-state index is 13.5. The molecule has 2 heterocycles. The molecule has 7 nitrogen and oxygen atoms in total.